The molecule has 2 aromatic carbocycles. The van der Waals surface area contributed by atoms with Crippen LogP contribution in [-0.4, -0.2) is 31.9 Å². The van der Waals surface area contributed by atoms with Gasteiger partial charge in [-0.1, -0.05) is 24.3 Å². The molecule has 3 aromatic rings. The van der Waals surface area contributed by atoms with Gasteiger partial charge in [0.25, 0.3) is 0 Å². The van der Waals surface area contributed by atoms with Gasteiger partial charge in [-0.3, -0.25) is 0 Å². The molecule has 0 spiro atoms. The van der Waals surface area contributed by atoms with Crippen LogP contribution in [0, 0.1) is 6.92 Å². The van der Waals surface area contributed by atoms with Gasteiger partial charge < -0.3 is 9.15 Å². The van der Waals surface area contributed by atoms with Crippen LogP contribution in [0.5, 0.6) is 5.75 Å². The summed E-state index contributed by atoms with van der Waals surface area (Å²) < 4.78 is 77.1. The van der Waals surface area contributed by atoms with Gasteiger partial charge in [-0.15, -0.1) is 0 Å². The van der Waals surface area contributed by atoms with Crippen LogP contribution in [0.15, 0.2) is 74.8 Å². The normalized spacial score (nSPS) is 15.9. The number of piperidine rings is 1. The van der Waals surface area contributed by atoms with Crippen LogP contribution >= 0.6 is 0 Å². The van der Waals surface area contributed by atoms with E-state index >= 15 is 0 Å². The molecular formula is C24H22F3NO5S. The van der Waals surface area contributed by atoms with Crippen LogP contribution in [0.2, 0.25) is 0 Å². The number of hydrogen-bond donors (Lipinski definition) is 0. The summed E-state index contributed by atoms with van der Waals surface area (Å²) in [6.45, 7) is 2.12. The molecule has 0 amide bonds. The van der Waals surface area contributed by atoms with Crippen LogP contribution < -0.4 is 10.4 Å². The molecule has 6 nitrogen and oxygen atoms in total. The highest BCUT2D eigenvalue weighted by Gasteiger charge is 2.31. The maximum Gasteiger partial charge on any atom is 0.416 e. The molecule has 0 atom stereocenters. The predicted molar refractivity (Wildman–Crippen MR) is 119 cm³/mol. The number of sulfonamides is 1. The Bertz CT molecular complexity index is 1330. The number of ether oxygens (including phenoxy) is 1. The van der Waals surface area contributed by atoms with E-state index in [0.717, 1.165) is 12.1 Å². The van der Waals surface area contributed by atoms with Crippen molar-refractivity contribution in [3.63, 3.8) is 0 Å². The Morgan fingerprint density at radius 2 is 1.65 bits per heavy atom. The van der Waals surface area contributed by atoms with Crippen molar-refractivity contribution in [1.29, 1.82) is 0 Å². The molecule has 1 fully saturated rings. The summed E-state index contributed by atoms with van der Waals surface area (Å²) in [5, 5.41) is 0. The number of benzene rings is 2. The van der Waals surface area contributed by atoms with Gasteiger partial charge in [-0.25, -0.2) is 13.2 Å². The lowest BCUT2D eigenvalue weighted by Gasteiger charge is -2.31. The van der Waals surface area contributed by atoms with Crippen molar-refractivity contribution in [2.45, 2.75) is 36.9 Å². The number of alkyl halides is 3. The zero-order valence-electron chi connectivity index (χ0n) is 18.2. The molecule has 1 saturated heterocycles. The first-order valence-electron chi connectivity index (χ1n) is 10.6. The second-order valence-electron chi connectivity index (χ2n) is 8.05. The van der Waals surface area contributed by atoms with E-state index < -0.39 is 27.4 Å². The largest absolute Gasteiger partial charge is 0.490 e. The molecule has 0 saturated carbocycles. The van der Waals surface area contributed by atoms with Gasteiger partial charge in [0, 0.05) is 19.2 Å². The van der Waals surface area contributed by atoms with Crippen molar-refractivity contribution in [2.24, 2.45) is 0 Å². The molecular weight excluding hydrogens is 471 g/mol. The Hall–Kier alpha value is -3.11. The fourth-order valence-electron chi connectivity index (χ4n) is 3.87. The predicted octanol–water partition coefficient (Wildman–Crippen LogP) is 4.87. The summed E-state index contributed by atoms with van der Waals surface area (Å²) >= 11 is 0. The van der Waals surface area contributed by atoms with Crippen LogP contribution in [-0.2, 0) is 16.2 Å². The van der Waals surface area contributed by atoms with E-state index in [1.807, 2.05) is 0 Å². The molecule has 0 radical (unpaired) electrons. The Morgan fingerprint density at radius 1 is 0.971 bits per heavy atom. The molecule has 1 aromatic heterocycles. The van der Waals surface area contributed by atoms with E-state index in [-0.39, 0.29) is 24.1 Å². The Morgan fingerprint density at radius 3 is 2.26 bits per heavy atom. The van der Waals surface area contributed by atoms with Crippen molar-refractivity contribution in [1.82, 2.24) is 4.31 Å². The molecule has 0 bridgehead atoms. The minimum atomic E-state index is -4.46. The van der Waals surface area contributed by atoms with Crippen LogP contribution in [0.25, 0.3) is 11.1 Å². The first-order chi connectivity index (χ1) is 16.0. The topological polar surface area (TPSA) is 76.8 Å². The molecule has 0 unspecified atom stereocenters. The molecule has 4 rings (SSSR count). The standard InChI is InChI=1S/C24H22F3NO5S/c1-16-13-21(15-23(29)32-16)33-20-9-11-28(12-10-20)34(30,31)22-7-5-17(6-8-22)18-3-2-4-19(14-18)24(25,26)27/h2-8,13-15,20H,9-12H2,1H3. The number of nitrogens with zero attached hydrogens (tertiary/aromatic N) is 1. The minimum Gasteiger partial charge on any atom is -0.490 e. The maximum atomic E-state index is 13.1. The number of halogens is 3. The molecule has 0 aliphatic carbocycles. The molecule has 34 heavy (non-hydrogen) atoms. The third-order valence-electron chi connectivity index (χ3n) is 5.59. The summed E-state index contributed by atoms with van der Waals surface area (Å²) in [5.41, 5.74) is -0.441. The third kappa shape index (κ3) is 5.34. The van der Waals surface area contributed by atoms with Gasteiger partial charge in [0.2, 0.25) is 10.0 Å². The van der Waals surface area contributed by atoms with Crippen LogP contribution in [0.4, 0.5) is 13.2 Å². The molecule has 10 heteroatoms. The minimum absolute atomic E-state index is 0.0684. The lowest BCUT2D eigenvalue weighted by atomic mass is 10.0. The zero-order valence-corrected chi connectivity index (χ0v) is 19.0. The van der Waals surface area contributed by atoms with Gasteiger partial charge in [0.15, 0.2) is 0 Å². The zero-order chi connectivity index (χ0) is 24.5. The Kier molecular flexibility index (Phi) is 6.55. The van der Waals surface area contributed by atoms with Gasteiger partial charge in [-0.05, 0) is 55.2 Å². The average molecular weight is 494 g/mol. The van der Waals surface area contributed by atoms with E-state index in [1.165, 1.54) is 40.7 Å². The van der Waals surface area contributed by atoms with E-state index in [1.54, 1.807) is 19.1 Å². The van der Waals surface area contributed by atoms with E-state index in [0.29, 0.717) is 35.5 Å². The van der Waals surface area contributed by atoms with Crippen molar-refractivity contribution in [3.05, 3.63) is 82.4 Å². The highest BCUT2D eigenvalue weighted by atomic mass is 32.2. The molecule has 1 aliphatic heterocycles. The number of aryl methyl sites for hydroxylation is 1. The summed E-state index contributed by atoms with van der Waals surface area (Å²) in [5.74, 6) is 0.816. The van der Waals surface area contributed by atoms with Gasteiger partial charge in [-0.2, -0.15) is 17.5 Å². The lowest BCUT2D eigenvalue weighted by Crippen LogP contribution is -2.41. The van der Waals surface area contributed by atoms with E-state index in [9.17, 15) is 26.4 Å². The van der Waals surface area contributed by atoms with Crippen LogP contribution in [0.3, 0.4) is 0 Å². The fraction of sp³-hybridized carbons (Fsp3) is 0.292. The monoisotopic (exact) mass is 493 g/mol. The van der Waals surface area contributed by atoms with E-state index in [4.69, 9.17) is 9.15 Å². The Balaban J connectivity index is 1.43. The summed E-state index contributed by atoms with van der Waals surface area (Å²) in [6, 6.07) is 13.6. The highest BCUT2D eigenvalue weighted by Crippen LogP contribution is 2.33. The lowest BCUT2D eigenvalue weighted by molar-refractivity contribution is -0.137. The fourth-order valence-corrected chi connectivity index (χ4v) is 5.34. The molecule has 1 aliphatic rings. The highest BCUT2D eigenvalue weighted by molar-refractivity contribution is 7.89. The van der Waals surface area contributed by atoms with Gasteiger partial charge in [0.05, 0.1) is 16.5 Å². The maximum absolute atomic E-state index is 13.1. The van der Waals surface area contributed by atoms with Crippen molar-refractivity contribution in [2.75, 3.05) is 13.1 Å². The Labute approximate surface area is 194 Å². The number of rotatable bonds is 5. The SMILES string of the molecule is Cc1cc(OC2CCN(S(=O)(=O)c3ccc(-c4cccc(C(F)(F)F)c4)cc3)CC2)cc(=O)o1. The third-order valence-corrected chi connectivity index (χ3v) is 7.50. The second kappa shape index (κ2) is 9.27. The second-order valence-corrected chi connectivity index (χ2v) is 9.98. The van der Waals surface area contributed by atoms with Crippen molar-refractivity contribution >= 4 is 10.0 Å². The van der Waals surface area contributed by atoms with Crippen LogP contribution in [0.1, 0.15) is 24.2 Å². The summed E-state index contributed by atoms with van der Waals surface area (Å²) in [6.07, 6.45) is -3.81. The smallest absolute Gasteiger partial charge is 0.416 e. The van der Waals surface area contributed by atoms with Gasteiger partial charge >= 0.3 is 11.8 Å². The quantitative estimate of drug-likeness (QED) is 0.507. The van der Waals surface area contributed by atoms with Crippen molar-refractivity contribution < 1.29 is 30.7 Å². The van der Waals surface area contributed by atoms with Crippen molar-refractivity contribution in [3.8, 4) is 16.9 Å². The molecule has 180 valence electrons. The molecule has 0 N–H and O–H groups in total. The van der Waals surface area contributed by atoms with E-state index in [2.05, 4.69) is 0 Å². The van der Waals surface area contributed by atoms with Gasteiger partial charge in [0.1, 0.15) is 17.6 Å². The first kappa shape index (κ1) is 24.0. The number of hydrogen-bond acceptors (Lipinski definition) is 5. The average Bonchev–Trinajstić information content (AvgIpc) is 2.78. The summed E-state index contributed by atoms with van der Waals surface area (Å²) in [7, 11) is -3.77. The molecule has 2 heterocycles. The first-order valence-corrected chi connectivity index (χ1v) is 12.0. The summed E-state index contributed by atoms with van der Waals surface area (Å²) in [4.78, 5) is 11.6.